The lowest BCUT2D eigenvalue weighted by atomic mass is 10.2. The molecule has 5 heteroatoms. The third-order valence-electron chi connectivity index (χ3n) is 1.39. The van der Waals surface area contributed by atoms with Crippen molar-refractivity contribution in [2.24, 2.45) is 7.05 Å². The fraction of sp³-hybridized carbons (Fsp3) is 0.500. The van der Waals surface area contributed by atoms with Crippen LogP contribution in [0.4, 0.5) is 0 Å². The van der Waals surface area contributed by atoms with E-state index in [9.17, 15) is 5.11 Å². The van der Waals surface area contributed by atoms with Crippen molar-refractivity contribution in [2.75, 3.05) is 6.54 Å². The van der Waals surface area contributed by atoms with Crippen LogP contribution in [-0.2, 0) is 7.05 Å². The van der Waals surface area contributed by atoms with Gasteiger partial charge in [0.05, 0.1) is 12.3 Å². The minimum atomic E-state index is -0.527. The van der Waals surface area contributed by atoms with Gasteiger partial charge in [-0.2, -0.15) is 5.10 Å². The fourth-order valence-electron chi connectivity index (χ4n) is 0.817. The van der Waals surface area contributed by atoms with E-state index in [2.05, 4.69) is 22.6 Å². The first-order valence-electron chi connectivity index (χ1n) is 3.27. The summed E-state index contributed by atoms with van der Waals surface area (Å²) < 4.78 is 4.23. The number of aryl methyl sites for hydroxylation is 1. The summed E-state index contributed by atoms with van der Waals surface area (Å²) in [6.45, 7) is 0.425. The Bertz CT molecular complexity index is 225. The molecule has 4 nitrogen and oxygen atoms in total. The highest BCUT2D eigenvalue weighted by molar-refractivity contribution is 7.78. The van der Waals surface area contributed by atoms with Gasteiger partial charge in [0.25, 0.3) is 0 Å². The number of aliphatic hydroxyl groups is 1. The average Bonchev–Trinajstić information content (AvgIpc) is 2.36. The molecule has 0 radical (unpaired) electrons. The van der Waals surface area contributed by atoms with Crippen molar-refractivity contribution < 1.29 is 5.11 Å². The first-order chi connectivity index (χ1) is 5.24. The maximum absolute atomic E-state index is 9.37. The van der Waals surface area contributed by atoms with Crippen LogP contribution in [0.3, 0.4) is 0 Å². The number of hydrogen-bond acceptors (Lipinski definition) is 4. The number of rotatable bonds is 3. The van der Waals surface area contributed by atoms with Crippen molar-refractivity contribution in [3.8, 4) is 0 Å². The van der Waals surface area contributed by atoms with Crippen LogP contribution in [-0.4, -0.2) is 21.4 Å². The smallest absolute Gasteiger partial charge is 0.0953 e. The lowest BCUT2D eigenvalue weighted by molar-refractivity contribution is 0.183. The summed E-state index contributed by atoms with van der Waals surface area (Å²) in [5.74, 6) is 0. The molecule has 0 aliphatic heterocycles. The zero-order valence-electron chi connectivity index (χ0n) is 6.23. The fourth-order valence-corrected chi connectivity index (χ4v) is 0.989. The second-order valence-corrected chi connectivity index (χ2v) is 2.64. The molecule has 0 fully saturated rings. The Morgan fingerprint density at radius 1 is 1.91 bits per heavy atom. The lowest BCUT2D eigenvalue weighted by Gasteiger charge is -2.04. The Labute approximate surface area is 70.8 Å². The average molecular weight is 173 g/mol. The molecule has 0 aliphatic rings. The molecular weight excluding hydrogens is 162 g/mol. The molecule has 0 saturated carbocycles. The highest BCUT2D eigenvalue weighted by atomic mass is 32.1. The van der Waals surface area contributed by atoms with Crippen LogP contribution in [0.15, 0.2) is 12.4 Å². The van der Waals surface area contributed by atoms with E-state index in [0.717, 1.165) is 5.56 Å². The van der Waals surface area contributed by atoms with Gasteiger partial charge in [-0.15, -0.1) is 0 Å². The highest BCUT2D eigenvalue weighted by Gasteiger charge is 2.07. The van der Waals surface area contributed by atoms with Gasteiger partial charge >= 0.3 is 0 Å². The van der Waals surface area contributed by atoms with E-state index >= 15 is 0 Å². The van der Waals surface area contributed by atoms with Gasteiger partial charge in [0.2, 0.25) is 0 Å². The van der Waals surface area contributed by atoms with Gasteiger partial charge in [0, 0.05) is 25.4 Å². The third-order valence-corrected chi connectivity index (χ3v) is 1.58. The van der Waals surface area contributed by atoms with Crippen LogP contribution >= 0.6 is 12.8 Å². The summed E-state index contributed by atoms with van der Waals surface area (Å²) in [4.78, 5) is 0. The summed E-state index contributed by atoms with van der Waals surface area (Å²) in [7, 11) is 1.81. The van der Waals surface area contributed by atoms with E-state index < -0.39 is 6.10 Å². The molecule has 1 rings (SSSR count). The molecule has 0 spiro atoms. The van der Waals surface area contributed by atoms with Crippen LogP contribution in [0.25, 0.3) is 0 Å². The van der Waals surface area contributed by atoms with Gasteiger partial charge in [0.15, 0.2) is 0 Å². The van der Waals surface area contributed by atoms with Crippen LogP contribution in [0.1, 0.15) is 11.7 Å². The summed E-state index contributed by atoms with van der Waals surface area (Å²) in [5, 5.41) is 13.3. The molecule has 0 amide bonds. The van der Waals surface area contributed by atoms with Crippen LogP contribution in [0, 0.1) is 0 Å². The van der Waals surface area contributed by atoms with Crippen molar-refractivity contribution in [1.82, 2.24) is 14.5 Å². The monoisotopic (exact) mass is 173 g/mol. The zero-order valence-corrected chi connectivity index (χ0v) is 7.12. The number of hydrogen-bond donors (Lipinski definition) is 3. The third kappa shape index (κ3) is 2.21. The molecule has 11 heavy (non-hydrogen) atoms. The van der Waals surface area contributed by atoms with Gasteiger partial charge < -0.3 is 5.11 Å². The Hall–Kier alpha value is -0.520. The topological polar surface area (TPSA) is 50.1 Å². The lowest BCUT2D eigenvalue weighted by Crippen LogP contribution is -2.11. The summed E-state index contributed by atoms with van der Waals surface area (Å²) in [6.07, 6.45) is 2.88. The quantitative estimate of drug-likeness (QED) is 0.559. The molecule has 1 atom stereocenters. The van der Waals surface area contributed by atoms with Crippen LogP contribution < -0.4 is 4.72 Å². The normalized spacial score (nSPS) is 13.4. The van der Waals surface area contributed by atoms with Gasteiger partial charge in [-0.25, -0.2) is 0 Å². The molecule has 2 N–H and O–H groups in total. The van der Waals surface area contributed by atoms with Gasteiger partial charge in [-0.05, 0) is 0 Å². The molecular formula is C6H11N3OS. The van der Waals surface area contributed by atoms with E-state index in [0.29, 0.717) is 6.54 Å². The molecule has 1 heterocycles. The molecule has 1 unspecified atom stereocenters. The molecule has 0 saturated heterocycles. The van der Waals surface area contributed by atoms with Crippen molar-refractivity contribution >= 4 is 12.8 Å². The SMILES string of the molecule is Cn1cc(C(O)CNS)cn1. The molecule has 62 valence electrons. The van der Waals surface area contributed by atoms with Gasteiger partial charge in [-0.1, -0.05) is 12.8 Å². The second kappa shape index (κ2) is 3.75. The summed E-state index contributed by atoms with van der Waals surface area (Å²) in [5.41, 5.74) is 0.800. The number of aliphatic hydroxyl groups excluding tert-OH is 1. The van der Waals surface area contributed by atoms with Crippen molar-refractivity contribution in [2.45, 2.75) is 6.10 Å². The van der Waals surface area contributed by atoms with E-state index in [-0.39, 0.29) is 0 Å². The van der Waals surface area contributed by atoms with Crippen LogP contribution in [0.2, 0.25) is 0 Å². The standard InChI is InChI=1S/C6H11N3OS/c1-9-4-5(2-7-9)6(10)3-8-11/h2,4,6,8,10-11H,3H2,1H3. The zero-order chi connectivity index (χ0) is 8.27. The van der Waals surface area contributed by atoms with E-state index in [1.54, 1.807) is 17.1 Å². The largest absolute Gasteiger partial charge is 0.387 e. The van der Waals surface area contributed by atoms with Crippen molar-refractivity contribution in [3.63, 3.8) is 0 Å². The Morgan fingerprint density at radius 3 is 3.09 bits per heavy atom. The summed E-state index contributed by atoms with van der Waals surface area (Å²) in [6, 6.07) is 0. The Morgan fingerprint density at radius 2 is 2.64 bits per heavy atom. The predicted octanol–water partition coefficient (Wildman–Crippen LogP) is -0.112. The highest BCUT2D eigenvalue weighted by Crippen LogP contribution is 2.09. The van der Waals surface area contributed by atoms with Crippen molar-refractivity contribution in [3.05, 3.63) is 18.0 Å². The molecule has 0 aliphatic carbocycles. The molecule has 0 aromatic carbocycles. The first kappa shape index (κ1) is 8.58. The number of thiol groups is 1. The minimum Gasteiger partial charge on any atom is -0.387 e. The van der Waals surface area contributed by atoms with Crippen LogP contribution in [0.5, 0.6) is 0 Å². The van der Waals surface area contributed by atoms with Gasteiger partial charge in [-0.3, -0.25) is 9.40 Å². The number of nitrogens with one attached hydrogen (secondary N) is 1. The maximum Gasteiger partial charge on any atom is 0.0953 e. The Balaban J connectivity index is 2.60. The molecule has 1 aromatic heterocycles. The predicted molar refractivity (Wildman–Crippen MR) is 45.2 cm³/mol. The summed E-state index contributed by atoms with van der Waals surface area (Å²) >= 11 is 3.78. The second-order valence-electron chi connectivity index (χ2n) is 2.33. The number of nitrogens with zero attached hydrogens (tertiary/aromatic N) is 2. The number of aromatic nitrogens is 2. The first-order valence-corrected chi connectivity index (χ1v) is 3.72. The molecule has 1 aromatic rings. The van der Waals surface area contributed by atoms with E-state index in [1.165, 1.54) is 0 Å². The molecule has 0 bridgehead atoms. The Kier molecular flexibility index (Phi) is 2.92. The maximum atomic E-state index is 9.37. The van der Waals surface area contributed by atoms with E-state index in [1.807, 2.05) is 7.05 Å². The minimum absolute atomic E-state index is 0.425. The van der Waals surface area contributed by atoms with E-state index in [4.69, 9.17) is 0 Å². The van der Waals surface area contributed by atoms with Crippen molar-refractivity contribution in [1.29, 1.82) is 0 Å². The van der Waals surface area contributed by atoms with Gasteiger partial charge in [0.1, 0.15) is 0 Å².